The normalized spacial score (nSPS) is 19.7. The monoisotopic (exact) mass is 559 g/mol. The van der Waals surface area contributed by atoms with Crippen molar-refractivity contribution in [3.8, 4) is 0 Å². The van der Waals surface area contributed by atoms with E-state index in [1.807, 2.05) is 0 Å². The Hall–Kier alpha value is -2.52. The number of piperazine rings is 1. The molecule has 2 aliphatic heterocycles. The number of carbonyl (C=O) groups is 1. The number of rotatable bonds is 8. The molecular formula is C28H32Cl2FN5O2. The number of halogens is 3. The minimum absolute atomic E-state index is 0.0246. The maximum Gasteiger partial charge on any atom is 0.268 e. The maximum absolute atomic E-state index is 14.3. The molecule has 0 bridgehead atoms. The number of oxazole rings is 1. The summed E-state index contributed by atoms with van der Waals surface area (Å²) in [6.07, 6.45) is 8.66. The first-order chi connectivity index (χ1) is 18.4. The second-order valence-corrected chi connectivity index (χ2v) is 10.9. The van der Waals surface area contributed by atoms with E-state index in [1.54, 1.807) is 24.4 Å². The minimum Gasteiger partial charge on any atom is -0.442 e. The standard InChI is InChI=1S/C28H32Cl2FN5O2/c1-2-3-23-18-35(27-24(30)14-20(16-33-27)26(37)28-32-8-13-38-28)11-12-36(23)22-6-9-34(10-7-22)17-19-4-5-21(29)15-25(19)31/h4-5,8,13-16,22-23H,2-3,6-7,9-12,17-18H2,1H3/t23-/m0/s1. The van der Waals surface area contributed by atoms with Gasteiger partial charge in [0.1, 0.15) is 17.9 Å². The third-order valence-corrected chi connectivity index (χ3v) is 8.11. The average Bonchev–Trinajstić information content (AvgIpc) is 3.46. The smallest absolute Gasteiger partial charge is 0.268 e. The Morgan fingerprint density at radius 3 is 2.63 bits per heavy atom. The van der Waals surface area contributed by atoms with Crippen molar-refractivity contribution < 1.29 is 13.6 Å². The van der Waals surface area contributed by atoms with E-state index in [-0.39, 0.29) is 17.5 Å². The molecule has 0 spiro atoms. The predicted octanol–water partition coefficient (Wildman–Crippen LogP) is 5.70. The van der Waals surface area contributed by atoms with E-state index in [0.29, 0.717) is 45.6 Å². The molecule has 38 heavy (non-hydrogen) atoms. The van der Waals surface area contributed by atoms with Crippen LogP contribution in [0.15, 0.2) is 47.3 Å². The number of piperidine rings is 1. The highest BCUT2D eigenvalue weighted by Gasteiger charge is 2.34. The lowest BCUT2D eigenvalue weighted by Gasteiger charge is -2.48. The van der Waals surface area contributed by atoms with Crippen LogP contribution < -0.4 is 4.90 Å². The van der Waals surface area contributed by atoms with Gasteiger partial charge in [-0.15, -0.1) is 0 Å². The summed E-state index contributed by atoms with van der Waals surface area (Å²) in [7, 11) is 0. The summed E-state index contributed by atoms with van der Waals surface area (Å²) in [5.41, 5.74) is 1.05. The van der Waals surface area contributed by atoms with Crippen LogP contribution >= 0.6 is 23.2 Å². The second kappa shape index (κ2) is 12.1. The zero-order valence-corrected chi connectivity index (χ0v) is 23.0. The molecule has 2 fully saturated rings. The first-order valence-corrected chi connectivity index (χ1v) is 13.9. The van der Waals surface area contributed by atoms with Crippen LogP contribution in [0.5, 0.6) is 0 Å². The summed E-state index contributed by atoms with van der Waals surface area (Å²) in [5.74, 6) is 0.156. The Balaban J connectivity index is 1.20. The molecule has 202 valence electrons. The lowest BCUT2D eigenvalue weighted by molar-refractivity contribution is 0.0587. The van der Waals surface area contributed by atoms with Crippen molar-refractivity contribution in [1.29, 1.82) is 0 Å². The lowest BCUT2D eigenvalue weighted by atomic mass is 9.97. The van der Waals surface area contributed by atoms with Crippen molar-refractivity contribution >= 4 is 34.8 Å². The molecule has 4 heterocycles. The van der Waals surface area contributed by atoms with Gasteiger partial charge in [0.15, 0.2) is 0 Å². The van der Waals surface area contributed by atoms with Gasteiger partial charge < -0.3 is 9.32 Å². The molecule has 0 radical (unpaired) electrons. The summed E-state index contributed by atoms with van der Waals surface area (Å²) in [6, 6.07) is 7.48. The molecule has 5 rings (SSSR count). The van der Waals surface area contributed by atoms with Crippen molar-refractivity contribution in [1.82, 2.24) is 19.8 Å². The first-order valence-electron chi connectivity index (χ1n) is 13.2. The van der Waals surface area contributed by atoms with E-state index in [2.05, 4.69) is 31.6 Å². The highest BCUT2D eigenvalue weighted by molar-refractivity contribution is 6.33. The number of hydrogen-bond donors (Lipinski definition) is 0. The summed E-state index contributed by atoms with van der Waals surface area (Å²) in [5, 5.41) is 0.881. The van der Waals surface area contributed by atoms with Crippen LogP contribution in [0.2, 0.25) is 10.0 Å². The first kappa shape index (κ1) is 27.1. The van der Waals surface area contributed by atoms with E-state index in [1.165, 1.54) is 18.5 Å². The zero-order valence-electron chi connectivity index (χ0n) is 21.5. The molecule has 1 aromatic carbocycles. The van der Waals surface area contributed by atoms with Crippen LogP contribution in [0.25, 0.3) is 0 Å². The molecule has 10 heteroatoms. The van der Waals surface area contributed by atoms with E-state index < -0.39 is 0 Å². The van der Waals surface area contributed by atoms with Gasteiger partial charge in [0.05, 0.1) is 11.2 Å². The van der Waals surface area contributed by atoms with Gasteiger partial charge in [-0.2, -0.15) is 0 Å². The summed E-state index contributed by atoms with van der Waals surface area (Å²) in [6.45, 7) is 7.30. The lowest BCUT2D eigenvalue weighted by Crippen LogP contribution is -2.58. The van der Waals surface area contributed by atoms with Gasteiger partial charge in [-0.05, 0) is 50.6 Å². The molecule has 1 atom stereocenters. The third kappa shape index (κ3) is 6.04. The molecule has 0 unspecified atom stereocenters. The number of ketones is 1. The zero-order chi connectivity index (χ0) is 26.6. The molecule has 2 aliphatic rings. The Morgan fingerprint density at radius 2 is 1.95 bits per heavy atom. The fourth-order valence-electron chi connectivity index (χ4n) is 5.68. The molecule has 0 saturated carbocycles. The second-order valence-electron chi connectivity index (χ2n) is 10.1. The van der Waals surface area contributed by atoms with Gasteiger partial charge in [0, 0.05) is 60.6 Å². The van der Waals surface area contributed by atoms with Gasteiger partial charge in [-0.25, -0.2) is 14.4 Å². The van der Waals surface area contributed by atoms with Crippen molar-refractivity contribution in [3.63, 3.8) is 0 Å². The van der Waals surface area contributed by atoms with Crippen molar-refractivity contribution in [3.05, 3.63) is 75.8 Å². The van der Waals surface area contributed by atoms with Crippen molar-refractivity contribution in [2.45, 2.75) is 51.2 Å². The Labute approximate surface area is 232 Å². The quantitative estimate of drug-likeness (QED) is 0.328. The molecule has 0 amide bonds. The number of nitrogens with zero attached hydrogens (tertiary/aromatic N) is 5. The largest absolute Gasteiger partial charge is 0.442 e. The van der Waals surface area contributed by atoms with Crippen molar-refractivity contribution in [2.24, 2.45) is 0 Å². The van der Waals surface area contributed by atoms with Crippen LogP contribution in [0.3, 0.4) is 0 Å². The highest BCUT2D eigenvalue weighted by Crippen LogP contribution is 2.31. The predicted molar refractivity (Wildman–Crippen MR) is 147 cm³/mol. The Morgan fingerprint density at radius 1 is 1.13 bits per heavy atom. The summed E-state index contributed by atoms with van der Waals surface area (Å²) < 4.78 is 19.4. The maximum atomic E-state index is 14.3. The van der Waals surface area contributed by atoms with Gasteiger partial charge in [0.25, 0.3) is 5.89 Å². The molecular weight excluding hydrogens is 528 g/mol. The van der Waals surface area contributed by atoms with Crippen molar-refractivity contribution in [2.75, 3.05) is 37.6 Å². The number of anilines is 1. The van der Waals surface area contributed by atoms with Crippen LogP contribution in [0.1, 0.15) is 54.4 Å². The molecule has 0 N–H and O–H groups in total. The SMILES string of the molecule is CCC[C@H]1CN(c2ncc(C(=O)c3ncco3)cc2Cl)CCN1C1CCN(Cc2ccc(Cl)cc2F)CC1. The number of hydrogen-bond acceptors (Lipinski definition) is 7. The average molecular weight is 561 g/mol. The topological polar surface area (TPSA) is 65.7 Å². The molecule has 2 saturated heterocycles. The van der Waals surface area contributed by atoms with E-state index in [0.717, 1.165) is 58.4 Å². The number of carbonyl (C=O) groups excluding carboxylic acids is 1. The summed E-state index contributed by atoms with van der Waals surface area (Å²) >= 11 is 12.5. The van der Waals surface area contributed by atoms with Crippen LogP contribution in [-0.4, -0.2) is 70.4 Å². The molecule has 7 nitrogen and oxygen atoms in total. The molecule has 0 aliphatic carbocycles. The number of benzene rings is 1. The number of aromatic nitrogens is 2. The fourth-order valence-corrected chi connectivity index (χ4v) is 6.12. The van der Waals surface area contributed by atoms with Crippen LogP contribution in [0, 0.1) is 5.82 Å². The van der Waals surface area contributed by atoms with Crippen LogP contribution in [-0.2, 0) is 6.54 Å². The van der Waals surface area contributed by atoms with E-state index in [4.69, 9.17) is 27.6 Å². The van der Waals surface area contributed by atoms with Crippen LogP contribution in [0.4, 0.5) is 10.2 Å². The highest BCUT2D eigenvalue weighted by atomic mass is 35.5. The van der Waals surface area contributed by atoms with Gasteiger partial charge in [-0.3, -0.25) is 14.6 Å². The molecule has 3 aromatic rings. The van der Waals surface area contributed by atoms with Gasteiger partial charge >= 0.3 is 0 Å². The Kier molecular flexibility index (Phi) is 8.63. The number of pyridine rings is 1. The van der Waals surface area contributed by atoms with Gasteiger partial charge in [0.2, 0.25) is 5.78 Å². The third-order valence-electron chi connectivity index (χ3n) is 7.60. The minimum atomic E-state index is -0.338. The van der Waals surface area contributed by atoms with E-state index >= 15 is 0 Å². The number of likely N-dealkylation sites (tertiary alicyclic amines) is 1. The van der Waals surface area contributed by atoms with E-state index in [9.17, 15) is 9.18 Å². The fraction of sp³-hybridized carbons (Fsp3) is 0.464. The summed E-state index contributed by atoms with van der Waals surface area (Å²) in [4.78, 5) is 28.3. The molecule has 2 aromatic heterocycles. The Bertz CT molecular complexity index is 1250. The van der Waals surface area contributed by atoms with Gasteiger partial charge in [-0.1, -0.05) is 42.6 Å².